The minimum Gasteiger partial charge on any atom is -0.481 e. The summed E-state index contributed by atoms with van der Waals surface area (Å²) in [6.07, 6.45) is 6.46. The van der Waals surface area contributed by atoms with Crippen LogP contribution in [0.1, 0.15) is 63.0 Å². The van der Waals surface area contributed by atoms with E-state index in [1.807, 2.05) is 20.8 Å². The summed E-state index contributed by atoms with van der Waals surface area (Å²) in [5.41, 5.74) is 1.83. The maximum Gasteiger partial charge on any atom is 0.213 e. The molecule has 4 rings (SSSR count). The van der Waals surface area contributed by atoms with E-state index in [-0.39, 0.29) is 16.7 Å². The normalized spacial score (nSPS) is 15.3. The Hall–Kier alpha value is -2.77. The number of methoxy groups -OCH3 is 1. The molecule has 0 N–H and O–H groups in total. The van der Waals surface area contributed by atoms with Gasteiger partial charge >= 0.3 is 0 Å². The second kappa shape index (κ2) is 14.7. The number of ether oxygens (including phenoxy) is 1. The summed E-state index contributed by atoms with van der Waals surface area (Å²) in [6.45, 7) is 10.9. The second-order valence-corrected chi connectivity index (χ2v) is 9.05. The zero-order valence-corrected chi connectivity index (χ0v) is 23.0. The molecule has 8 heteroatoms. The molecule has 1 aliphatic heterocycles. The van der Waals surface area contributed by atoms with Gasteiger partial charge in [0.05, 0.1) is 19.0 Å². The van der Waals surface area contributed by atoms with Gasteiger partial charge in [-0.1, -0.05) is 57.8 Å². The summed E-state index contributed by atoms with van der Waals surface area (Å²) in [4.78, 5) is 22.1. The number of aromatic nitrogens is 3. The van der Waals surface area contributed by atoms with Crippen LogP contribution in [0.3, 0.4) is 0 Å². The number of aldehydes is 1. The van der Waals surface area contributed by atoms with Crippen LogP contribution < -0.4 is 4.74 Å². The summed E-state index contributed by atoms with van der Waals surface area (Å²) in [6, 6.07) is 8.31. The number of aryl methyl sites for hydroxylation is 1. The van der Waals surface area contributed by atoms with Crippen LogP contribution in [0.4, 0.5) is 4.39 Å². The first-order valence-corrected chi connectivity index (χ1v) is 13.0. The number of carbonyl (C=O) groups excluding carboxylic acids is 1. The van der Waals surface area contributed by atoms with Gasteiger partial charge in [-0.2, -0.15) is 0 Å². The molecule has 0 saturated carbocycles. The van der Waals surface area contributed by atoms with Crippen LogP contribution in [0, 0.1) is 11.7 Å². The lowest BCUT2D eigenvalue weighted by molar-refractivity contribution is 0.111. The highest BCUT2D eigenvalue weighted by Gasteiger charge is 2.19. The van der Waals surface area contributed by atoms with Crippen molar-refractivity contribution in [2.24, 2.45) is 5.92 Å². The summed E-state index contributed by atoms with van der Waals surface area (Å²) >= 11 is 6.32. The number of piperidine rings is 1. The number of halogens is 2. The van der Waals surface area contributed by atoms with Gasteiger partial charge < -0.3 is 9.64 Å². The Morgan fingerprint density at radius 1 is 1.25 bits per heavy atom. The molecule has 1 saturated heterocycles. The van der Waals surface area contributed by atoms with Crippen molar-refractivity contribution in [1.82, 2.24) is 19.4 Å². The molecule has 36 heavy (non-hydrogen) atoms. The van der Waals surface area contributed by atoms with Crippen molar-refractivity contribution in [3.63, 3.8) is 0 Å². The maximum atomic E-state index is 14.4. The number of hydrogen-bond acceptors (Lipinski definition) is 5. The Bertz CT molecular complexity index is 1090. The van der Waals surface area contributed by atoms with E-state index in [9.17, 15) is 9.18 Å². The molecular weight excluding hydrogens is 479 g/mol. The number of nitrogens with zero attached hydrogens (tertiary/aromatic N) is 4. The highest BCUT2D eigenvalue weighted by atomic mass is 35.5. The minimum absolute atomic E-state index is 0.0792. The minimum atomic E-state index is -0.310. The molecule has 196 valence electrons. The molecule has 1 aromatic carbocycles. The predicted molar refractivity (Wildman–Crippen MR) is 145 cm³/mol. The van der Waals surface area contributed by atoms with E-state index >= 15 is 0 Å². The zero-order chi connectivity index (χ0) is 26.7. The molecule has 1 atom stereocenters. The third-order valence-electron chi connectivity index (χ3n) is 5.84. The average Bonchev–Trinajstić information content (AvgIpc) is 3.23. The first-order valence-electron chi connectivity index (χ1n) is 12.6. The van der Waals surface area contributed by atoms with E-state index in [0.717, 1.165) is 12.3 Å². The molecule has 1 aliphatic rings. The lowest BCUT2D eigenvalue weighted by Crippen LogP contribution is -2.30. The van der Waals surface area contributed by atoms with Gasteiger partial charge in [0.25, 0.3) is 0 Å². The molecule has 3 aromatic rings. The number of benzene rings is 1. The SMILES string of the molecule is CC.CC1CCCN(C)C1.CCCc1ccc(-c2nc(C=O)c(Cl)n2-c2ccc(OC)nc2)cc1F. The maximum absolute atomic E-state index is 14.4. The number of imidazole rings is 1. The monoisotopic (exact) mass is 516 g/mol. The fourth-order valence-corrected chi connectivity index (χ4v) is 4.39. The van der Waals surface area contributed by atoms with Crippen molar-refractivity contribution >= 4 is 17.9 Å². The van der Waals surface area contributed by atoms with Crippen molar-refractivity contribution in [3.05, 3.63) is 58.8 Å². The number of pyridine rings is 1. The van der Waals surface area contributed by atoms with E-state index < -0.39 is 0 Å². The Labute approximate surface area is 219 Å². The van der Waals surface area contributed by atoms with Gasteiger partial charge in [-0.15, -0.1) is 0 Å². The molecule has 1 fully saturated rings. The van der Waals surface area contributed by atoms with Crippen molar-refractivity contribution in [3.8, 4) is 23.0 Å². The summed E-state index contributed by atoms with van der Waals surface area (Å²) in [5.74, 6) is 1.44. The Balaban J connectivity index is 0.000000384. The largest absolute Gasteiger partial charge is 0.481 e. The van der Waals surface area contributed by atoms with Gasteiger partial charge in [0.15, 0.2) is 6.29 Å². The molecule has 0 radical (unpaired) electrons. The van der Waals surface area contributed by atoms with Gasteiger partial charge in [0.1, 0.15) is 22.5 Å². The fraction of sp³-hybridized carbons (Fsp3) is 0.464. The lowest BCUT2D eigenvalue weighted by atomic mass is 10.0. The van der Waals surface area contributed by atoms with Gasteiger partial charge in [-0.3, -0.25) is 9.36 Å². The first kappa shape index (κ1) is 29.5. The molecule has 0 amide bonds. The highest BCUT2D eigenvalue weighted by Crippen LogP contribution is 2.30. The molecule has 3 heterocycles. The molecular formula is C28H38ClFN4O2. The zero-order valence-electron chi connectivity index (χ0n) is 22.2. The van der Waals surface area contributed by atoms with Crippen molar-refractivity contribution in [2.45, 2.75) is 53.4 Å². The van der Waals surface area contributed by atoms with Gasteiger partial charge in [-0.05, 0) is 56.5 Å². The van der Waals surface area contributed by atoms with Crippen LogP contribution in [-0.2, 0) is 6.42 Å². The van der Waals surface area contributed by atoms with E-state index in [4.69, 9.17) is 16.3 Å². The summed E-state index contributed by atoms with van der Waals surface area (Å²) < 4.78 is 21.0. The van der Waals surface area contributed by atoms with Crippen molar-refractivity contribution < 1.29 is 13.9 Å². The smallest absolute Gasteiger partial charge is 0.213 e. The van der Waals surface area contributed by atoms with E-state index in [2.05, 4.69) is 28.8 Å². The van der Waals surface area contributed by atoms with Gasteiger partial charge in [0.2, 0.25) is 5.88 Å². The topological polar surface area (TPSA) is 60.2 Å². The molecule has 6 nitrogen and oxygen atoms in total. The van der Waals surface area contributed by atoms with E-state index in [0.29, 0.717) is 41.2 Å². The number of carbonyl (C=O) groups is 1. The van der Waals surface area contributed by atoms with Crippen LogP contribution in [0.5, 0.6) is 5.88 Å². The van der Waals surface area contributed by atoms with E-state index in [1.165, 1.54) is 39.1 Å². The number of hydrogen-bond donors (Lipinski definition) is 0. The van der Waals surface area contributed by atoms with Gasteiger partial charge in [0, 0.05) is 18.2 Å². The lowest BCUT2D eigenvalue weighted by Gasteiger charge is -2.26. The molecule has 0 aliphatic carbocycles. The van der Waals surface area contributed by atoms with Crippen LogP contribution in [-0.4, -0.2) is 53.0 Å². The standard InChI is InChI=1S/C19H17ClFN3O2.C7H15N.C2H6/c1-3-4-12-5-6-13(9-15(12)21)19-23-16(11-25)18(20)24(19)14-7-8-17(26-2)22-10-14;1-7-4-3-5-8(2)6-7;1-2/h5-11H,3-4H2,1-2H3;7H,3-6H2,1-2H3;1-2H3. The second-order valence-electron chi connectivity index (χ2n) is 8.69. The molecule has 1 unspecified atom stereocenters. The fourth-order valence-electron chi connectivity index (χ4n) is 4.13. The van der Waals surface area contributed by atoms with Crippen LogP contribution >= 0.6 is 11.6 Å². The molecule has 0 bridgehead atoms. The molecule has 2 aromatic heterocycles. The van der Waals surface area contributed by atoms with Crippen molar-refractivity contribution in [1.29, 1.82) is 0 Å². The van der Waals surface area contributed by atoms with Gasteiger partial charge in [-0.25, -0.2) is 14.4 Å². The molecule has 0 spiro atoms. The van der Waals surface area contributed by atoms with Crippen LogP contribution in [0.15, 0.2) is 36.5 Å². The third-order valence-corrected chi connectivity index (χ3v) is 6.20. The van der Waals surface area contributed by atoms with Crippen LogP contribution in [0.2, 0.25) is 5.15 Å². The average molecular weight is 517 g/mol. The quantitative estimate of drug-likeness (QED) is 0.334. The summed E-state index contributed by atoms with van der Waals surface area (Å²) in [7, 11) is 3.72. The third kappa shape index (κ3) is 7.61. The Morgan fingerprint density at radius 2 is 2.00 bits per heavy atom. The van der Waals surface area contributed by atoms with E-state index in [1.54, 1.807) is 35.0 Å². The number of likely N-dealkylation sites (tertiary alicyclic amines) is 1. The first-order chi connectivity index (χ1) is 17.4. The predicted octanol–water partition coefficient (Wildman–Crippen LogP) is 6.87. The van der Waals surface area contributed by atoms with Crippen molar-refractivity contribution in [2.75, 3.05) is 27.2 Å². The Morgan fingerprint density at radius 3 is 2.50 bits per heavy atom. The Kier molecular flexibility index (Phi) is 12.0. The summed E-state index contributed by atoms with van der Waals surface area (Å²) in [5, 5.41) is 0.139. The highest BCUT2D eigenvalue weighted by molar-refractivity contribution is 6.32. The van der Waals surface area contributed by atoms with Crippen LogP contribution in [0.25, 0.3) is 17.1 Å². The number of rotatable bonds is 6.